The molecule has 0 unspecified atom stereocenters. The maximum atomic E-state index is 11.4. The number of fused-ring (bicyclic) bond motifs is 1. The normalized spacial score (nSPS) is 15.7. The van der Waals surface area contributed by atoms with Gasteiger partial charge in [-0.25, -0.2) is 4.98 Å². The van der Waals surface area contributed by atoms with E-state index in [4.69, 9.17) is 11.6 Å². The predicted molar refractivity (Wildman–Crippen MR) is 80.0 cm³/mol. The van der Waals surface area contributed by atoms with Gasteiger partial charge in [0.1, 0.15) is 0 Å². The Morgan fingerprint density at radius 2 is 1.95 bits per heavy atom. The van der Waals surface area contributed by atoms with E-state index in [0.717, 1.165) is 42.1 Å². The highest BCUT2D eigenvalue weighted by Crippen LogP contribution is 2.26. The number of nitrogens with one attached hydrogen (secondary N) is 1. The Labute approximate surface area is 123 Å². The Morgan fingerprint density at radius 3 is 2.65 bits per heavy atom. The molecule has 1 saturated heterocycles. The number of nitrogens with zero attached hydrogens (tertiary/aromatic N) is 2. The number of amides is 1. The molecule has 5 heteroatoms. The van der Waals surface area contributed by atoms with E-state index < -0.39 is 0 Å². The largest absolute Gasteiger partial charge is 0.367 e. The second kappa shape index (κ2) is 5.29. The number of hydrogen-bond donors (Lipinski definition) is 0. The highest BCUT2D eigenvalue weighted by atomic mass is 35.5. The number of anilines is 1. The molecule has 1 aliphatic rings. The standard InChI is InChI=1S/C15H16ClN3O/c1-11(20)18-6-8-19(9-7-18)15-4-5-17-14-10-12(16)2-3-13(14)15/h2-5,10H,6-9H2,1H3/p+1. The zero-order chi connectivity index (χ0) is 14.1. The highest BCUT2D eigenvalue weighted by molar-refractivity contribution is 6.31. The zero-order valence-corrected chi connectivity index (χ0v) is 12.2. The molecule has 20 heavy (non-hydrogen) atoms. The molecule has 0 bridgehead atoms. The monoisotopic (exact) mass is 290 g/mol. The van der Waals surface area contributed by atoms with E-state index in [9.17, 15) is 4.79 Å². The minimum absolute atomic E-state index is 0.155. The van der Waals surface area contributed by atoms with E-state index in [-0.39, 0.29) is 5.91 Å². The van der Waals surface area contributed by atoms with Crippen molar-refractivity contribution in [2.24, 2.45) is 0 Å². The molecule has 0 saturated carbocycles. The summed E-state index contributed by atoms with van der Waals surface area (Å²) in [5.74, 6) is 0.155. The minimum atomic E-state index is 0.155. The van der Waals surface area contributed by atoms with Crippen molar-refractivity contribution in [2.75, 3.05) is 31.1 Å². The van der Waals surface area contributed by atoms with Crippen molar-refractivity contribution in [2.45, 2.75) is 6.92 Å². The number of benzene rings is 1. The lowest BCUT2D eigenvalue weighted by molar-refractivity contribution is -0.344. The lowest BCUT2D eigenvalue weighted by Crippen LogP contribution is -2.48. The maximum Gasteiger partial charge on any atom is 0.219 e. The molecule has 1 fully saturated rings. The molecule has 0 spiro atoms. The lowest BCUT2D eigenvalue weighted by atomic mass is 10.1. The third-order valence-corrected chi connectivity index (χ3v) is 4.04. The first-order valence-electron chi connectivity index (χ1n) is 6.75. The van der Waals surface area contributed by atoms with E-state index in [1.807, 2.05) is 29.3 Å². The van der Waals surface area contributed by atoms with Gasteiger partial charge in [-0.2, -0.15) is 0 Å². The van der Waals surface area contributed by atoms with Crippen LogP contribution in [0.2, 0.25) is 5.02 Å². The molecule has 1 amide bonds. The number of carbonyl (C=O) groups is 1. The van der Waals surface area contributed by atoms with Crippen molar-refractivity contribution in [3.63, 3.8) is 0 Å². The van der Waals surface area contributed by atoms with Gasteiger partial charge in [0.15, 0.2) is 6.20 Å². The van der Waals surface area contributed by atoms with Gasteiger partial charge in [0.2, 0.25) is 11.4 Å². The van der Waals surface area contributed by atoms with E-state index in [2.05, 4.69) is 16.0 Å². The average molecular weight is 291 g/mol. The maximum absolute atomic E-state index is 11.4. The van der Waals surface area contributed by atoms with Gasteiger partial charge in [-0.15, -0.1) is 0 Å². The minimum Gasteiger partial charge on any atom is -0.367 e. The topological polar surface area (TPSA) is 37.7 Å². The molecule has 1 aromatic heterocycles. The Kier molecular flexibility index (Phi) is 3.49. The van der Waals surface area contributed by atoms with Crippen LogP contribution in [0.5, 0.6) is 0 Å². The molecule has 0 atom stereocenters. The molecule has 1 aliphatic heterocycles. The first kappa shape index (κ1) is 13.2. The van der Waals surface area contributed by atoms with Crippen LogP contribution in [0.4, 0.5) is 5.69 Å². The quantitative estimate of drug-likeness (QED) is 0.805. The number of aromatic nitrogens is 1. The number of H-pyrrole nitrogens is 1. The zero-order valence-electron chi connectivity index (χ0n) is 11.4. The van der Waals surface area contributed by atoms with Crippen molar-refractivity contribution >= 4 is 34.1 Å². The summed E-state index contributed by atoms with van der Waals surface area (Å²) in [6.07, 6.45) is 1.94. The summed E-state index contributed by atoms with van der Waals surface area (Å²) in [6, 6.07) is 7.97. The molecule has 4 nitrogen and oxygen atoms in total. The first-order valence-corrected chi connectivity index (χ1v) is 7.13. The fraction of sp³-hybridized carbons (Fsp3) is 0.333. The van der Waals surface area contributed by atoms with Crippen LogP contribution in [0.3, 0.4) is 0 Å². The van der Waals surface area contributed by atoms with Crippen LogP contribution in [0, 0.1) is 0 Å². The van der Waals surface area contributed by atoms with Gasteiger partial charge in [0.25, 0.3) is 0 Å². The summed E-state index contributed by atoms with van der Waals surface area (Å²) in [4.78, 5) is 18.8. The van der Waals surface area contributed by atoms with Gasteiger partial charge in [0.05, 0.1) is 11.1 Å². The number of piperazine rings is 1. The van der Waals surface area contributed by atoms with Gasteiger partial charge in [0, 0.05) is 50.3 Å². The van der Waals surface area contributed by atoms with Crippen LogP contribution in [0.15, 0.2) is 30.5 Å². The molecular weight excluding hydrogens is 274 g/mol. The van der Waals surface area contributed by atoms with E-state index in [1.165, 1.54) is 5.69 Å². The molecule has 0 aliphatic carbocycles. The fourth-order valence-corrected chi connectivity index (χ4v) is 2.87. The summed E-state index contributed by atoms with van der Waals surface area (Å²) in [5.41, 5.74) is 2.22. The number of rotatable bonds is 1. The first-order chi connectivity index (χ1) is 9.65. The molecule has 2 heterocycles. The summed E-state index contributed by atoms with van der Waals surface area (Å²) in [5, 5.41) is 1.89. The van der Waals surface area contributed by atoms with Crippen LogP contribution >= 0.6 is 11.6 Å². The molecule has 1 N–H and O–H groups in total. The number of carbonyl (C=O) groups excluding carboxylic acids is 1. The molecule has 2 aromatic rings. The van der Waals surface area contributed by atoms with Crippen LogP contribution in [0.1, 0.15) is 6.92 Å². The number of hydrogen-bond acceptors (Lipinski definition) is 2. The average Bonchev–Trinajstić information content (AvgIpc) is 2.46. The molecular formula is C15H17ClN3O+. The Balaban J connectivity index is 1.90. The third-order valence-electron chi connectivity index (χ3n) is 3.80. The van der Waals surface area contributed by atoms with Gasteiger partial charge in [-0.1, -0.05) is 11.6 Å². The fourth-order valence-electron chi connectivity index (χ4n) is 2.70. The second-order valence-corrected chi connectivity index (χ2v) is 5.48. The van der Waals surface area contributed by atoms with Gasteiger partial charge in [-0.3, -0.25) is 4.79 Å². The van der Waals surface area contributed by atoms with Crippen molar-refractivity contribution in [1.82, 2.24) is 4.90 Å². The van der Waals surface area contributed by atoms with Crippen LogP contribution in [-0.4, -0.2) is 37.0 Å². The summed E-state index contributed by atoms with van der Waals surface area (Å²) in [7, 11) is 0. The van der Waals surface area contributed by atoms with Crippen LogP contribution in [0.25, 0.3) is 10.9 Å². The number of aromatic amines is 1. The number of pyridine rings is 1. The summed E-state index contributed by atoms with van der Waals surface area (Å²) in [6.45, 7) is 4.92. The van der Waals surface area contributed by atoms with Crippen molar-refractivity contribution in [1.29, 1.82) is 0 Å². The van der Waals surface area contributed by atoms with Crippen molar-refractivity contribution < 1.29 is 9.78 Å². The molecule has 1 aromatic carbocycles. The van der Waals surface area contributed by atoms with Gasteiger partial charge in [-0.05, 0) is 12.1 Å². The Morgan fingerprint density at radius 1 is 1.20 bits per heavy atom. The molecule has 104 valence electrons. The van der Waals surface area contributed by atoms with Crippen LogP contribution in [-0.2, 0) is 4.79 Å². The summed E-state index contributed by atoms with van der Waals surface area (Å²) >= 11 is 6.03. The predicted octanol–water partition coefficient (Wildman–Crippen LogP) is 1.98. The Bertz CT molecular complexity index is 651. The Hall–Kier alpha value is -1.81. The summed E-state index contributed by atoms with van der Waals surface area (Å²) < 4.78 is 0. The van der Waals surface area contributed by atoms with E-state index in [0.29, 0.717) is 0 Å². The van der Waals surface area contributed by atoms with Crippen molar-refractivity contribution in [3.05, 3.63) is 35.5 Å². The smallest absolute Gasteiger partial charge is 0.219 e. The van der Waals surface area contributed by atoms with Crippen molar-refractivity contribution in [3.8, 4) is 0 Å². The highest BCUT2D eigenvalue weighted by Gasteiger charge is 2.21. The van der Waals surface area contributed by atoms with Crippen LogP contribution < -0.4 is 9.88 Å². The third kappa shape index (κ3) is 2.43. The SMILES string of the molecule is CC(=O)N1CCN(c2cc[nH+]c3cc(Cl)ccc23)CC1. The molecule has 3 rings (SSSR count). The molecule has 0 radical (unpaired) electrons. The van der Waals surface area contributed by atoms with Gasteiger partial charge < -0.3 is 9.80 Å². The van der Waals surface area contributed by atoms with E-state index >= 15 is 0 Å². The van der Waals surface area contributed by atoms with E-state index in [1.54, 1.807) is 6.92 Å². The lowest BCUT2D eigenvalue weighted by Gasteiger charge is -2.35. The second-order valence-electron chi connectivity index (χ2n) is 5.05. The van der Waals surface area contributed by atoms with Gasteiger partial charge >= 0.3 is 0 Å². The number of halogens is 1.